The van der Waals surface area contributed by atoms with Crippen molar-refractivity contribution in [2.24, 2.45) is 10.7 Å². The molecule has 0 saturated carbocycles. The van der Waals surface area contributed by atoms with Crippen molar-refractivity contribution in [2.45, 2.75) is 44.6 Å². The molecule has 152 valence electrons. The highest BCUT2D eigenvalue weighted by atomic mass is 127. The zero-order valence-electron chi connectivity index (χ0n) is 16.0. The normalized spacial score (nSPS) is 21.0. The van der Waals surface area contributed by atoms with Crippen LogP contribution in [0.4, 0.5) is 5.69 Å². The lowest BCUT2D eigenvalue weighted by Crippen LogP contribution is -2.50. The predicted octanol–water partition coefficient (Wildman–Crippen LogP) is 2.18. The molecule has 1 aliphatic carbocycles. The van der Waals surface area contributed by atoms with Gasteiger partial charge in [-0.05, 0) is 55.4 Å². The minimum absolute atomic E-state index is 0. The average molecular weight is 507 g/mol. The minimum Gasteiger partial charge on any atom is -0.370 e. The lowest BCUT2D eigenvalue weighted by atomic mass is 10.1. The van der Waals surface area contributed by atoms with E-state index in [-0.39, 0.29) is 30.0 Å². The Balaban J connectivity index is 0.00000261. The number of fused-ring (bicyclic) bond motifs is 1. The number of nitrogens with two attached hydrogens (primary N) is 1. The van der Waals surface area contributed by atoms with Crippen LogP contribution in [0, 0.1) is 0 Å². The van der Waals surface area contributed by atoms with E-state index in [0.717, 1.165) is 37.8 Å². The van der Waals surface area contributed by atoms with Gasteiger partial charge in [0.05, 0.1) is 6.54 Å². The molecule has 1 aromatic rings. The van der Waals surface area contributed by atoms with E-state index >= 15 is 0 Å². The highest BCUT2D eigenvalue weighted by Gasteiger charge is 2.33. The molecule has 0 amide bonds. The van der Waals surface area contributed by atoms with Crippen LogP contribution in [0.3, 0.4) is 0 Å². The van der Waals surface area contributed by atoms with Crippen molar-refractivity contribution in [3.8, 4) is 0 Å². The Bertz CT molecular complexity index is 782. The molecule has 1 aromatic carbocycles. The molecule has 1 unspecified atom stereocenters. The van der Waals surface area contributed by atoms with Gasteiger partial charge in [0.1, 0.15) is 0 Å². The molecule has 0 aromatic heterocycles. The second-order valence-electron chi connectivity index (χ2n) is 7.24. The largest absolute Gasteiger partial charge is 0.370 e. The summed E-state index contributed by atoms with van der Waals surface area (Å²) in [5.41, 5.74) is 9.77. The second-order valence-corrected chi connectivity index (χ2v) is 9.33. The topological polar surface area (TPSA) is 91.0 Å². The lowest BCUT2D eigenvalue weighted by molar-refractivity contribution is 0.245. The number of aryl methyl sites for hydroxylation is 2. The van der Waals surface area contributed by atoms with Crippen molar-refractivity contribution >= 4 is 45.8 Å². The van der Waals surface area contributed by atoms with E-state index in [1.54, 1.807) is 18.4 Å². The van der Waals surface area contributed by atoms with Crippen LogP contribution in [-0.4, -0.2) is 56.2 Å². The van der Waals surface area contributed by atoms with Gasteiger partial charge in [0.25, 0.3) is 10.2 Å². The van der Waals surface area contributed by atoms with Gasteiger partial charge in [-0.1, -0.05) is 12.5 Å². The van der Waals surface area contributed by atoms with Gasteiger partial charge in [0.2, 0.25) is 0 Å². The Kier molecular flexibility index (Phi) is 7.90. The molecule has 1 fully saturated rings. The third kappa shape index (κ3) is 5.33. The maximum atomic E-state index is 12.5. The molecule has 0 bridgehead atoms. The summed E-state index contributed by atoms with van der Waals surface area (Å²) in [4.78, 5) is 4.42. The number of aliphatic imine (C=N–C) groups is 1. The number of benzene rings is 1. The molecular formula is C18H30IN5O2S. The van der Waals surface area contributed by atoms with Crippen molar-refractivity contribution in [1.82, 2.24) is 8.61 Å². The first kappa shape index (κ1) is 22.4. The first-order valence-corrected chi connectivity index (χ1v) is 10.7. The number of hydrogen-bond donors (Lipinski definition) is 2. The maximum Gasteiger partial charge on any atom is 0.281 e. The maximum absolute atomic E-state index is 12.5. The molecule has 3 rings (SSSR count). The fraction of sp³-hybridized carbons (Fsp3) is 0.611. The summed E-state index contributed by atoms with van der Waals surface area (Å²) in [7, 11) is -0.300. The summed E-state index contributed by atoms with van der Waals surface area (Å²) in [6, 6.07) is 6.16. The van der Waals surface area contributed by atoms with Gasteiger partial charge in [-0.15, -0.1) is 24.0 Å². The molecule has 1 saturated heterocycles. The van der Waals surface area contributed by atoms with Gasteiger partial charge in [0.15, 0.2) is 5.96 Å². The fourth-order valence-corrected chi connectivity index (χ4v) is 5.04. The second kappa shape index (κ2) is 9.53. The zero-order valence-corrected chi connectivity index (χ0v) is 19.2. The van der Waals surface area contributed by atoms with Crippen molar-refractivity contribution in [3.05, 3.63) is 29.3 Å². The van der Waals surface area contributed by atoms with Crippen LogP contribution in [0.5, 0.6) is 0 Å². The first-order valence-electron chi connectivity index (χ1n) is 9.26. The minimum atomic E-state index is -3.43. The number of rotatable bonds is 5. The number of guanidine groups is 1. The van der Waals surface area contributed by atoms with Gasteiger partial charge in [-0.2, -0.15) is 17.0 Å². The van der Waals surface area contributed by atoms with E-state index in [9.17, 15) is 8.42 Å². The van der Waals surface area contributed by atoms with Crippen LogP contribution in [0.2, 0.25) is 0 Å². The molecule has 2 aliphatic rings. The molecule has 1 aliphatic heterocycles. The predicted molar refractivity (Wildman–Crippen MR) is 121 cm³/mol. The lowest BCUT2D eigenvalue weighted by Gasteiger charge is -2.35. The molecule has 27 heavy (non-hydrogen) atoms. The van der Waals surface area contributed by atoms with Crippen molar-refractivity contribution in [1.29, 1.82) is 0 Å². The van der Waals surface area contributed by atoms with E-state index in [0.29, 0.717) is 19.0 Å². The van der Waals surface area contributed by atoms with Crippen molar-refractivity contribution in [3.63, 3.8) is 0 Å². The summed E-state index contributed by atoms with van der Waals surface area (Å²) >= 11 is 0. The van der Waals surface area contributed by atoms with E-state index in [1.807, 2.05) is 6.07 Å². The number of piperidine rings is 1. The SMILES string of the molecule is CN(C)S(=O)(=O)N1CCCCC1CN=C(N)Nc1ccc2c(c1)CCC2.I. The van der Waals surface area contributed by atoms with E-state index in [2.05, 4.69) is 22.4 Å². The Hall–Kier alpha value is -0.910. The quantitative estimate of drug-likeness (QED) is 0.363. The van der Waals surface area contributed by atoms with Gasteiger partial charge >= 0.3 is 0 Å². The van der Waals surface area contributed by atoms with Crippen LogP contribution < -0.4 is 11.1 Å². The van der Waals surface area contributed by atoms with Gasteiger partial charge < -0.3 is 11.1 Å². The highest BCUT2D eigenvalue weighted by molar-refractivity contribution is 14.0. The summed E-state index contributed by atoms with van der Waals surface area (Å²) < 4.78 is 27.8. The smallest absolute Gasteiger partial charge is 0.281 e. The molecule has 7 nitrogen and oxygen atoms in total. The van der Waals surface area contributed by atoms with Crippen LogP contribution in [0.1, 0.15) is 36.8 Å². The molecule has 9 heteroatoms. The monoisotopic (exact) mass is 507 g/mol. The molecule has 0 radical (unpaired) electrons. The first-order chi connectivity index (χ1) is 12.4. The number of halogens is 1. The summed E-state index contributed by atoms with van der Waals surface area (Å²) in [6.07, 6.45) is 6.18. The van der Waals surface area contributed by atoms with E-state index < -0.39 is 10.2 Å². The molecule has 1 atom stereocenters. The number of anilines is 1. The van der Waals surface area contributed by atoms with Crippen LogP contribution in [0.25, 0.3) is 0 Å². The Morgan fingerprint density at radius 1 is 1.26 bits per heavy atom. The third-order valence-electron chi connectivity index (χ3n) is 5.17. The summed E-state index contributed by atoms with van der Waals surface area (Å²) in [5.74, 6) is 0.329. The van der Waals surface area contributed by atoms with Gasteiger partial charge in [-0.25, -0.2) is 0 Å². The Morgan fingerprint density at radius 3 is 2.74 bits per heavy atom. The molecule has 1 heterocycles. The Morgan fingerprint density at radius 2 is 2.00 bits per heavy atom. The van der Waals surface area contributed by atoms with Crippen molar-refractivity contribution in [2.75, 3.05) is 32.5 Å². The number of nitrogens with one attached hydrogen (secondary N) is 1. The summed E-state index contributed by atoms with van der Waals surface area (Å²) in [6.45, 7) is 0.912. The van der Waals surface area contributed by atoms with E-state index in [1.165, 1.54) is 21.9 Å². The van der Waals surface area contributed by atoms with E-state index in [4.69, 9.17) is 5.73 Å². The third-order valence-corrected chi connectivity index (χ3v) is 7.17. The molecular weight excluding hydrogens is 477 g/mol. The zero-order chi connectivity index (χ0) is 18.7. The molecule has 0 spiro atoms. The Labute approximate surface area is 179 Å². The fourth-order valence-electron chi connectivity index (χ4n) is 3.71. The van der Waals surface area contributed by atoms with Crippen molar-refractivity contribution < 1.29 is 8.42 Å². The van der Waals surface area contributed by atoms with Crippen LogP contribution in [0.15, 0.2) is 23.2 Å². The number of hydrogen-bond acceptors (Lipinski definition) is 3. The van der Waals surface area contributed by atoms with Crippen LogP contribution >= 0.6 is 24.0 Å². The molecule has 3 N–H and O–H groups in total. The van der Waals surface area contributed by atoms with Gasteiger partial charge in [0, 0.05) is 32.4 Å². The average Bonchev–Trinajstić information content (AvgIpc) is 3.07. The summed E-state index contributed by atoms with van der Waals surface area (Å²) in [5, 5.41) is 3.14. The van der Waals surface area contributed by atoms with Crippen LogP contribution in [-0.2, 0) is 23.1 Å². The van der Waals surface area contributed by atoms with Gasteiger partial charge in [-0.3, -0.25) is 4.99 Å². The number of nitrogens with zero attached hydrogens (tertiary/aromatic N) is 3. The standard InChI is InChI=1S/C18H29N5O2S.HI/c1-22(2)26(24,25)23-11-4-3-8-17(23)13-20-18(19)21-16-10-9-14-6-5-7-15(14)12-16;/h9-10,12,17H,3-8,11,13H2,1-2H3,(H3,19,20,21);1H. The highest BCUT2D eigenvalue weighted by Crippen LogP contribution is 2.25.